The van der Waals surface area contributed by atoms with Crippen LogP contribution in [0.2, 0.25) is 0 Å². The zero-order chi connectivity index (χ0) is 17.6. The molecule has 1 aromatic carbocycles. The van der Waals surface area contributed by atoms with E-state index in [1.165, 1.54) is 0 Å². The zero-order valence-corrected chi connectivity index (χ0v) is 14.8. The van der Waals surface area contributed by atoms with Gasteiger partial charge in [-0.15, -0.1) is 0 Å². The maximum atomic E-state index is 13.2. The van der Waals surface area contributed by atoms with Crippen molar-refractivity contribution in [1.82, 2.24) is 19.0 Å². The molecule has 0 spiro atoms. The number of benzene rings is 1. The van der Waals surface area contributed by atoms with Crippen molar-refractivity contribution >= 4 is 16.8 Å². The molecule has 6 heteroatoms. The molecule has 4 rings (SSSR count). The molecule has 0 N–H and O–H groups in total. The van der Waals surface area contributed by atoms with E-state index in [0.29, 0.717) is 13.2 Å². The monoisotopic (exact) mass is 338 g/mol. The maximum absolute atomic E-state index is 13.2. The number of rotatable bonds is 3. The summed E-state index contributed by atoms with van der Waals surface area (Å²) in [4.78, 5) is 19.7. The van der Waals surface area contributed by atoms with Crippen LogP contribution in [-0.2, 0) is 24.9 Å². The number of hydrogen-bond acceptors (Lipinski definition) is 3. The van der Waals surface area contributed by atoms with Crippen molar-refractivity contribution in [2.75, 3.05) is 13.7 Å². The number of aryl methyl sites for hydroxylation is 1. The highest BCUT2D eigenvalue weighted by Gasteiger charge is 2.32. The fourth-order valence-electron chi connectivity index (χ4n) is 3.77. The number of nitrogens with zero attached hydrogens (tertiary/aromatic N) is 4. The summed E-state index contributed by atoms with van der Waals surface area (Å²) < 4.78 is 9.41. The Morgan fingerprint density at radius 1 is 1.32 bits per heavy atom. The number of aromatic nitrogens is 3. The number of fused-ring (bicyclic) bond motifs is 2. The van der Waals surface area contributed by atoms with Gasteiger partial charge in [0, 0.05) is 44.3 Å². The number of carbonyl (C=O) groups excluding carboxylic acids is 1. The summed E-state index contributed by atoms with van der Waals surface area (Å²) in [5.41, 5.74) is 2.88. The van der Waals surface area contributed by atoms with E-state index in [2.05, 4.69) is 9.55 Å². The first-order valence-corrected chi connectivity index (χ1v) is 8.50. The van der Waals surface area contributed by atoms with Crippen molar-refractivity contribution in [2.45, 2.75) is 26.1 Å². The first kappa shape index (κ1) is 15.9. The molecule has 0 radical (unpaired) electrons. The lowest BCUT2D eigenvalue weighted by molar-refractivity contribution is 0.0634. The Kier molecular flexibility index (Phi) is 3.84. The number of carbonyl (C=O) groups is 1. The highest BCUT2D eigenvalue weighted by molar-refractivity contribution is 6.07. The third-order valence-electron chi connectivity index (χ3n) is 5.06. The van der Waals surface area contributed by atoms with Gasteiger partial charge in [-0.1, -0.05) is 18.2 Å². The van der Waals surface area contributed by atoms with Crippen molar-refractivity contribution in [2.24, 2.45) is 7.05 Å². The topological polar surface area (TPSA) is 52.3 Å². The van der Waals surface area contributed by atoms with Crippen molar-refractivity contribution in [1.29, 1.82) is 0 Å². The Bertz CT molecular complexity index is 940. The second-order valence-electron chi connectivity index (χ2n) is 6.54. The van der Waals surface area contributed by atoms with Gasteiger partial charge in [0.2, 0.25) is 0 Å². The summed E-state index contributed by atoms with van der Waals surface area (Å²) in [7, 11) is 3.66. The Labute approximate surface area is 146 Å². The molecule has 1 aliphatic rings. The fourth-order valence-corrected chi connectivity index (χ4v) is 3.77. The molecule has 0 saturated carbocycles. The summed E-state index contributed by atoms with van der Waals surface area (Å²) >= 11 is 0. The van der Waals surface area contributed by atoms with Gasteiger partial charge in [-0.3, -0.25) is 4.79 Å². The van der Waals surface area contributed by atoms with Crippen LogP contribution in [0.25, 0.3) is 10.9 Å². The molecular weight excluding hydrogens is 316 g/mol. The number of hydrogen-bond donors (Lipinski definition) is 0. The first-order valence-electron chi connectivity index (χ1n) is 8.50. The van der Waals surface area contributed by atoms with Gasteiger partial charge in [0.15, 0.2) is 0 Å². The van der Waals surface area contributed by atoms with Crippen LogP contribution in [0.4, 0.5) is 0 Å². The van der Waals surface area contributed by atoms with Gasteiger partial charge in [-0.2, -0.15) is 0 Å². The number of para-hydroxylation sites is 1. The third-order valence-corrected chi connectivity index (χ3v) is 5.06. The van der Waals surface area contributed by atoms with Gasteiger partial charge >= 0.3 is 0 Å². The maximum Gasteiger partial charge on any atom is 0.256 e. The molecule has 3 heterocycles. The molecular formula is C19H22N4O2. The highest BCUT2D eigenvalue weighted by atomic mass is 16.5. The molecule has 0 fully saturated rings. The summed E-state index contributed by atoms with van der Waals surface area (Å²) in [6.07, 6.45) is 3.78. The molecule has 0 unspecified atom stereocenters. The normalized spacial score (nSPS) is 17.1. The predicted octanol–water partition coefficient (Wildman–Crippen LogP) is 2.74. The van der Waals surface area contributed by atoms with E-state index in [1.54, 1.807) is 7.11 Å². The zero-order valence-electron chi connectivity index (χ0n) is 14.8. The largest absolute Gasteiger partial charge is 0.378 e. The summed E-state index contributed by atoms with van der Waals surface area (Å²) in [6, 6.07) is 7.95. The van der Waals surface area contributed by atoms with Crippen molar-refractivity contribution < 1.29 is 9.53 Å². The quantitative estimate of drug-likeness (QED) is 0.738. The van der Waals surface area contributed by atoms with E-state index in [9.17, 15) is 4.79 Å². The molecule has 3 aromatic rings. The minimum absolute atomic E-state index is 0.0619. The smallest absolute Gasteiger partial charge is 0.256 e. The van der Waals surface area contributed by atoms with Crippen molar-refractivity contribution in [3.8, 4) is 0 Å². The molecule has 1 aliphatic heterocycles. The fraction of sp³-hybridized carbons (Fsp3) is 0.368. The van der Waals surface area contributed by atoms with Crippen LogP contribution in [0.15, 0.2) is 36.7 Å². The minimum atomic E-state index is -0.0641. The Morgan fingerprint density at radius 3 is 2.92 bits per heavy atom. The van der Waals surface area contributed by atoms with Crippen LogP contribution in [-0.4, -0.2) is 38.6 Å². The predicted molar refractivity (Wildman–Crippen MR) is 95.3 cm³/mol. The van der Waals surface area contributed by atoms with Gasteiger partial charge in [-0.05, 0) is 13.0 Å². The molecule has 2 aromatic heterocycles. The molecule has 25 heavy (non-hydrogen) atoms. The van der Waals surface area contributed by atoms with Crippen LogP contribution < -0.4 is 0 Å². The van der Waals surface area contributed by atoms with E-state index < -0.39 is 0 Å². The standard InChI is InChI=1S/C19H22N4O2/c1-13-18-20-10-14(12-25-3)23(18)9-8-22(13)19(24)16-11-21(2)17-7-5-4-6-15(16)17/h4-7,10-11,13H,8-9,12H2,1-3H3/t13-/m0/s1. The van der Waals surface area contributed by atoms with Crippen LogP contribution in [0, 0.1) is 0 Å². The van der Waals surface area contributed by atoms with E-state index in [1.807, 2.05) is 60.1 Å². The lowest BCUT2D eigenvalue weighted by atomic mass is 10.1. The van der Waals surface area contributed by atoms with Gasteiger partial charge in [0.05, 0.1) is 30.1 Å². The number of amides is 1. The Balaban J connectivity index is 1.69. The van der Waals surface area contributed by atoms with Crippen LogP contribution >= 0.6 is 0 Å². The molecule has 0 saturated heterocycles. The molecule has 6 nitrogen and oxygen atoms in total. The number of imidazole rings is 1. The first-order chi connectivity index (χ1) is 12.1. The minimum Gasteiger partial charge on any atom is -0.378 e. The molecule has 130 valence electrons. The average Bonchev–Trinajstić information content (AvgIpc) is 3.18. The van der Waals surface area contributed by atoms with Crippen molar-refractivity contribution in [3.63, 3.8) is 0 Å². The average molecular weight is 338 g/mol. The van der Waals surface area contributed by atoms with Gasteiger partial charge in [0.25, 0.3) is 5.91 Å². The lowest BCUT2D eigenvalue weighted by Gasteiger charge is -2.34. The van der Waals surface area contributed by atoms with Gasteiger partial charge in [-0.25, -0.2) is 4.98 Å². The molecule has 1 amide bonds. The van der Waals surface area contributed by atoms with Crippen LogP contribution in [0.5, 0.6) is 0 Å². The van der Waals surface area contributed by atoms with Gasteiger partial charge < -0.3 is 18.8 Å². The Hall–Kier alpha value is -2.60. The van der Waals surface area contributed by atoms with E-state index in [0.717, 1.165) is 34.5 Å². The third kappa shape index (κ3) is 2.44. The second kappa shape index (κ2) is 6.04. The number of ether oxygens (including phenoxy) is 1. The highest BCUT2D eigenvalue weighted by Crippen LogP contribution is 2.29. The van der Waals surface area contributed by atoms with Crippen LogP contribution in [0.3, 0.4) is 0 Å². The Morgan fingerprint density at radius 2 is 2.12 bits per heavy atom. The van der Waals surface area contributed by atoms with E-state index in [-0.39, 0.29) is 11.9 Å². The van der Waals surface area contributed by atoms with Gasteiger partial charge in [0.1, 0.15) is 5.82 Å². The lowest BCUT2D eigenvalue weighted by Crippen LogP contribution is -2.41. The summed E-state index contributed by atoms with van der Waals surface area (Å²) in [6.45, 7) is 3.99. The van der Waals surface area contributed by atoms with E-state index >= 15 is 0 Å². The SMILES string of the molecule is COCc1cnc2n1CCN(C(=O)c1cn(C)c3ccccc13)[C@H]2C. The summed E-state index contributed by atoms with van der Waals surface area (Å²) in [5.74, 6) is 0.985. The van der Waals surface area contributed by atoms with Crippen LogP contribution in [0.1, 0.15) is 34.8 Å². The molecule has 1 atom stereocenters. The van der Waals surface area contributed by atoms with E-state index in [4.69, 9.17) is 4.74 Å². The van der Waals surface area contributed by atoms with Crippen molar-refractivity contribution in [3.05, 3.63) is 53.7 Å². The second-order valence-corrected chi connectivity index (χ2v) is 6.54. The molecule has 0 aliphatic carbocycles. The molecule has 0 bridgehead atoms. The summed E-state index contributed by atoms with van der Waals surface area (Å²) in [5, 5.41) is 0.996. The number of methoxy groups -OCH3 is 1.